The zero-order chi connectivity index (χ0) is 22.7. The zero-order valence-corrected chi connectivity index (χ0v) is 20.7. The second-order valence-electron chi connectivity index (χ2n) is 8.93. The van der Waals surface area contributed by atoms with Crippen molar-refractivity contribution < 1.29 is 9.53 Å². The number of rotatable bonds is 8. The van der Waals surface area contributed by atoms with E-state index in [1.54, 1.807) is 11.8 Å². The van der Waals surface area contributed by atoms with E-state index in [1.165, 1.54) is 21.6 Å². The Morgan fingerprint density at radius 1 is 1.03 bits per heavy atom. The molecule has 1 heterocycles. The molecular formula is C27H39NO2S. The smallest absolute Gasteiger partial charge is 0.123 e. The molecule has 1 aliphatic heterocycles. The Hall–Kier alpha value is -1.62. The number of hydrogen-bond acceptors (Lipinski definition) is 4. The minimum Gasteiger partial charge on any atom is -0.379 e. The molecule has 1 unspecified atom stereocenters. The van der Waals surface area contributed by atoms with Crippen LogP contribution in [0.2, 0.25) is 0 Å². The van der Waals surface area contributed by atoms with Crippen molar-refractivity contribution >= 4 is 18.0 Å². The summed E-state index contributed by atoms with van der Waals surface area (Å²) >= 11 is 1.80. The lowest BCUT2D eigenvalue weighted by Crippen LogP contribution is -2.51. The van der Waals surface area contributed by atoms with E-state index >= 15 is 0 Å². The molecule has 0 bridgehead atoms. The summed E-state index contributed by atoms with van der Waals surface area (Å²) in [6, 6.07) is 17.3. The van der Waals surface area contributed by atoms with Crippen LogP contribution in [0, 0.1) is 12.8 Å². The quantitative estimate of drug-likeness (QED) is 0.381. The second-order valence-corrected chi connectivity index (χ2v) is 9.81. The molecule has 3 rings (SSSR count). The summed E-state index contributed by atoms with van der Waals surface area (Å²) < 4.78 is 5.43. The van der Waals surface area contributed by atoms with Crippen LogP contribution in [0.25, 0.3) is 0 Å². The van der Waals surface area contributed by atoms with Crippen molar-refractivity contribution in [2.75, 3.05) is 32.6 Å². The number of benzene rings is 2. The summed E-state index contributed by atoms with van der Waals surface area (Å²) in [5.74, 6) is 0.183. The van der Waals surface area contributed by atoms with Crippen LogP contribution < -0.4 is 0 Å². The van der Waals surface area contributed by atoms with Crippen LogP contribution in [-0.4, -0.2) is 49.3 Å². The zero-order valence-electron chi connectivity index (χ0n) is 19.9. The van der Waals surface area contributed by atoms with Crippen molar-refractivity contribution in [3.63, 3.8) is 0 Å². The molecule has 0 aromatic heterocycles. The summed E-state index contributed by atoms with van der Waals surface area (Å²) in [7, 11) is 0. The van der Waals surface area contributed by atoms with Crippen LogP contribution in [0.1, 0.15) is 43.9 Å². The SMILES string of the molecule is CCC(C=O)Cc1ccc(C)cc1.CSc1ccc(CC(C)(C)N2CCOCC2)cc1. The van der Waals surface area contributed by atoms with E-state index < -0.39 is 0 Å². The third-order valence-electron chi connectivity index (χ3n) is 6.00. The summed E-state index contributed by atoms with van der Waals surface area (Å²) in [6.45, 7) is 12.6. The Labute approximate surface area is 193 Å². The van der Waals surface area contributed by atoms with Gasteiger partial charge in [-0.2, -0.15) is 0 Å². The number of thioether (sulfide) groups is 1. The Morgan fingerprint density at radius 3 is 2.13 bits per heavy atom. The average molecular weight is 442 g/mol. The largest absolute Gasteiger partial charge is 0.379 e. The van der Waals surface area contributed by atoms with Gasteiger partial charge in [0.25, 0.3) is 0 Å². The molecule has 4 heteroatoms. The van der Waals surface area contributed by atoms with Crippen molar-refractivity contribution in [1.29, 1.82) is 0 Å². The topological polar surface area (TPSA) is 29.5 Å². The molecule has 1 saturated heterocycles. The Balaban J connectivity index is 0.000000233. The van der Waals surface area contributed by atoms with E-state index in [-0.39, 0.29) is 11.5 Å². The molecule has 2 aromatic rings. The first kappa shape index (κ1) is 25.6. The molecule has 1 fully saturated rings. The lowest BCUT2D eigenvalue weighted by atomic mass is 9.92. The number of carbonyl (C=O) groups is 1. The van der Waals surface area contributed by atoms with Crippen LogP contribution >= 0.6 is 11.8 Å². The molecule has 0 aliphatic carbocycles. The number of morpholine rings is 1. The van der Waals surface area contributed by atoms with Crippen molar-refractivity contribution in [1.82, 2.24) is 4.90 Å². The maximum Gasteiger partial charge on any atom is 0.123 e. The van der Waals surface area contributed by atoms with Crippen molar-refractivity contribution in [2.45, 2.75) is 57.4 Å². The standard InChI is InChI=1S/C15H23NOS.C12H16O/c1-15(2,16-8-10-17-11-9-16)12-13-4-6-14(18-3)7-5-13;1-3-11(9-13)8-12-6-4-10(2)5-7-12/h4-7H,8-12H2,1-3H3;4-7,9,11H,3,8H2,1-2H3. The molecule has 0 spiro atoms. The summed E-state index contributed by atoms with van der Waals surface area (Å²) in [5.41, 5.74) is 4.15. The maximum absolute atomic E-state index is 10.6. The third kappa shape index (κ3) is 8.80. The Bertz CT molecular complexity index is 765. The first-order valence-electron chi connectivity index (χ1n) is 11.3. The fraction of sp³-hybridized carbons (Fsp3) is 0.519. The number of carbonyl (C=O) groups excluding carboxylic acids is 1. The van der Waals surface area contributed by atoms with Crippen LogP contribution in [-0.2, 0) is 22.4 Å². The minimum absolute atomic E-state index is 0.183. The van der Waals surface area contributed by atoms with E-state index in [9.17, 15) is 4.79 Å². The Kier molecular flexibility index (Phi) is 10.8. The number of hydrogen-bond donors (Lipinski definition) is 0. The molecule has 3 nitrogen and oxygen atoms in total. The van der Waals surface area contributed by atoms with Gasteiger partial charge in [0.2, 0.25) is 0 Å². The molecule has 1 aliphatic rings. The van der Waals surface area contributed by atoms with E-state index in [2.05, 4.69) is 80.5 Å². The molecular weight excluding hydrogens is 402 g/mol. The molecule has 0 saturated carbocycles. The molecule has 1 atom stereocenters. The monoisotopic (exact) mass is 441 g/mol. The van der Waals surface area contributed by atoms with E-state index in [0.29, 0.717) is 0 Å². The molecule has 0 radical (unpaired) electrons. The summed E-state index contributed by atoms with van der Waals surface area (Å²) in [4.78, 5) is 14.5. The number of aldehydes is 1. The van der Waals surface area contributed by atoms with Gasteiger partial charge in [-0.3, -0.25) is 4.90 Å². The fourth-order valence-corrected chi connectivity index (χ4v) is 4.25. The normalized spacial score (nSPS) is 15.6. The number of ether oxygens (including phenoxy) is 1. The van der Waals surface area contributed by atoms with Crippen LogP contribution in [0.15, 0.2) is 53.4 Å². The summed E-state index contributed by atoms with van der Waals surface area (Å²) in [6.07, 6.45) is 6.08. The molecule has 31 heavy (non-hydrogen) atoms. The highest BCUT2D eigenvalue weighted by atomic mass is 32.2. The summed E-state index contributed by atoms with van der Waals surface area (Å²) in [5, 5.41) is 0. The second kappa shape index (κ2) is 13.0. The van der Waals surface area contributed by atoms with Crippen LogP contribution in [0.5, 0.6) is 0 Å². The highest BCUT2D eigenvalue weighted by Gasteiger charge is 2.28. The third-order valence-corrected chi connectivity index (χ3v) is 6.74. The van der Waals surface area contributed by atoms with Gasteiger partial charge in [0.15, 0.2) is 0 Å². The van der Waals surface area contributed by atoms with Gasteiger partial charge in [-0.15, -0.1) is 11.8 Å². The lowest BCUT2D eigenvalue weighted by Gasteiger charge is -2.41. The highest BCUT2D eigenvalue weighted by Crippen LogP contribution is 2.23. The van der Waals surface area contributed by atoms with E-state index in [0.717, 1.165) is 51.9 Å². The van der Waals surface area contributed by atoms with Crippen molar-refractivity contribution in [2.24, 2.45) is 5.92 Å². The first-order valence-corrected chi connectivity index (χ1v) is 12.6. The van der Waals surface area contributed by atoms with Gasteiger partial charge >= 0.3 is 0 Å². The van der Waals surface area contributed by atoms with Gasteiger partial charge in [-0.25, -0.2) is 0 Å². The van der Waals surface area contributed by atoms with Gasteiger partial charge in [-0.1, -0.05) is 48.9 Å². The highest BCUT2D eigenvalue weighted by molar-refractivity contribution is 7.98. The molecule has 2 aromatic carbocycles. The van der Waals surface area contributed by atoms with Gasteiger partial charge in [0, 0.05) is 29.4 Å². The van der Waals surface area contributed by atoms with Crippen molar-refractivity contribution in [3.05, 3.63) is 65.2 Å². The van der Waals surface area contributed by atoms with Crippen LogP contribution in [0.4, 0.5) is 0 Å². The maximum atomic E-state index is 10.6. The molecule has 0 N–H and O–H groups in total. The Morgan fingerprint density at radius 2 is 1.61 bits per heavy atom. The van der Waals surface area contributed by atoms with Crippen molar-refractivity contribution in [3.8, 4) is 0 Å². The molecule has 170 valence electrons. The lowest BCUT2D eigenvalue weighted by molar-refractivity contribution is -0.111. The minimum atomic E-state index is 0.183. The predicted molar refractivity (Wildman–Crippen MR) is 133 cm³/mol. The van der Waals surface area contributed by atoms with E-state index in [1.807, 2.05) is 6.92 Å². The van der Waals surface area contributed by atoms with Gasteiger partial charge in [-0.05, 0) is 69.5 Å². The van der Waals surface area contributed by atoms with Gasteiger partial charge < -0.3 is 9.53 Å². The van der Waals surface area contributed by atoms with Crippen LogP contribution in [0.3, 0.4) is 0 Å². The first-order chi connectivity index (χ1) is 14.9. The number of nitrogens with zero attached hydrogens (tertiary/aromatic N) is 1. The predicted octanol–water partition coefficient (Wildman–Crippen LogP) is 5.82. The average Bonchev–Trinajstić information content (AvgIpc) is 2.80. The van der Waals surface area contributed by atoms with Gasteiger partial charge in [0.1, 0.15) is 6.29 Å². The van der Waals surface area contributed by atoms with Gasteiger partial charge in [0.05, 0.1) is 13.2 Å². The van der Waals surface area contributed by atoms with E-state index in [4.69, 9.17) is 4.74 Å². The number of aryl methyl sites for hydroxylation is 1. The fourth-order valence-electron chi connectivity index (χ4n) is 3.84. The molecule has 0 amide bonds.